The molecule has 0 saturated carbocycles. The van der Waals surface area contributed by atoms with Gasteiger partial charge in [0, 0.05) is 37.0 Å². The van der Waals surface area contributed by atoms with E-state index in [1.807, 2.05) is 36.6 Å². The predicted molar refractivity (Wildman–Crippen MR) is 156 cm³/mol. The van der Waals surface area contributed by atoms with E-state index >= 15 is 0 Å². The van der Waals surface area contributed by atoms with E-state index in [-0.39, 0.29) is 18.5 Å². The number of likely N-dealkylation sites (N-methyl/N-ethyl adjacent to an activating group) is 1. The van der Waals surface area contributed by atoms with Crippen molar-refractivity contribution >= 4 is 29.1 Å². The largest absolute Gasteiger partial charge is 0.380 e. The lowest BCUT2D eigenvalue weighted by atomic mass is 10.0. The fourth-order valence-corrected chi connectivity index (χ4v) is 5.63. The number of aliphatic hydroxyl groups excluding tert-OH is 2. The second-order valence-electron chi connectivity index (χ2n) is 10.1. The number of hydrogen-bond donors (Lipinski definition) is 5. The second-order valence-corrected chi connectivity index (χ2v) is 11.1. The van der Waals surface area contributed by atoms with Crippen molar-refractivity contribution in [3.05, 3.63) is 86.9 Å². The molecule has 2 aromatic carbocycles. The first-order valence-corrected chi connectivity index (χ1v) is 14.6. The van der Waals surface area contributed by atoms with Gasteiger partial charge in [-0.15, -0.1) is 11.3 Å². The SMILES string of the molecule is CNCCNC(=O)c1cccc(C2CCCN2C(=O)[C@H](O)[C@@H](O)C(=O)NCc2nc(Cc3ccccc3C)cs2)c1. The quantitative estimate of drug-likeness (QED) is 0.206. The van der Waals surface area contributed by atoms with Crippen LogP contribution in [0.25, 0.3) is 0 Å². The minimum Gasteiger partial charge on any atom is -0.380 e. The molecular formula is C30H37N5O5S. The van der Waals surface area contributed by atoms with Crippen LogP contribution in [0.4, 0.5) is 0 Å². The summed E-state index contributed by atoms with van der Waals surface area (Å²) in [6.45, 7) is 3.62. The first-order valence-electron chi connectivity index (χ1n) is 13.7. The maximum Gasteiger partial charge on any atom is 0.255 e. The maximum absolute atomic E-state index is 13.2. The van der Waals surface area contributed by atoms with E-state index in [0.717, 1.165) is 11.3 Å². The van der Waals surface area contributed by atoms with Gasteiger partial charge < -0.3 is 31.1 Å². The third-order valence-electron chi connectivity index (χ3n) is 7.20. The van der Waals surface area contributed by atoms with Crippen molar-refractivity contribution in [1.82, 2.24) is 25.8 Å². The Bertz CT molecular complexity index is 1360. The molecule has 5 N–H and O–H groups in total. The molecule has 1 unspecified atom stereocenters. The minimum atomic E-state index is -1.93. The molecule has 1 aliphatic heterocycles. The van der Waals surface area contributed by atoms with E-state index in [4.69, 9.17) is 0 Å². The van der Waals surface area contributed by atoms with Crippen LogP contribution >= 0.6 is 11.3 Å². The monoisotopic (exact) mass is 579 g/mol. The molecule has 11 heteroatoms. The van der Waals surface area contributed by atoms with Gasteiger partial charge in [0.1, 0.15) is 5.01 Å². The average molecular weight is 580 g/mol. The van der Waals surface area contributed by atoms with Crippen molar-refractivity contribution in [2.45, 2.75) is 51.0 Å². The molecule has 1 aromatic heterocycles. The molecule has 0 spiro atoms. The number of carbonyl (C=O) groups excluding carboxylic acids is 3. The molecule has 218 valence electrons. The summed E-state index contributed by atoms with van der Waals surface area (Å²) in [6.07, 6.45) is -1.84. The molecule has 1 saturated heterocycles. The van der Waals surface area contributed by atoms with Gasteiger partial charge in [-0.2, -0.15) is 0 Å². The Morgan fingerprint density at radius 3 is 2.66 bits per heavy atom. The molecule has 3 amide bonds. The van der Waals surface area contributed by atoms with E-state index in [9.17, 15) is 24.6 Å². The van der Waals surface area contributed by atoms with Gasteiger partial charge >= 0.3 is 0 Å². The average Bonchev–Trinajstić information content (AvgIpc) is 3.66. The van der Waals surface area contributed by atoms with Crippen LogP contribution in [0.5, 0.6) is 0 Å². The highest BCUT2D eigenvalue weighted by Gasteiger charge is 2.38. The Morgan fingerprint density at radius 1 is 1.07 bits per heavy atom. The highest BCUT2D eigenvalue weighted by atomic mass is 32.1. The molecule has 1 fully saturated rings. The van der Waals surface area contributed by atoms with E-state index in [2.05, 4.69) is 27.0 Å². The van der Waals surface area contributed by atoms with Crippen molar-refractivity contribution in [2.24, 2.45) is 0 Å². The number of aryl methyl sites for hydroxylation is 1. The fourth-order valence-electron chi connectivity index (χ4n) is 4.90. The molecule has 0 radical (unpaired) electrons. The Balaban J connectivity index is 1.33. The first kappa shape index (κ1) is 30.3. The first-order chi connectivity index (χ1) is 19.8. The molecule has 0 aliphatic carbocycles. The third kappa shape index (κ3) is 7.76. The number of aliphatic hydroxyl groups is 2. The zero-order valence-corrected chi connectivity index (χ0v) is 24.1. The summed E-state index contributed by atoms with van der Waals surface area (Å²) in [4.78, 5) is 44.3. The lowest BCUT2D eigenvalue weighted by molar-refractivity contribution is -0.153. The fraction of sp³-hybridized carbons (Fsp3) is 0.400. The summed E-state index contributed by atoms with van der Waals surface area (Å²) in [5, 5.41) is 32.1. The second kappa shape index (κ2) is 14.3. The summed E-state index contributed by atoms with van der Waals surface area (Å²) >= 11 is 1.39. The van der Waals surface area contributed by atoms with Crippen LogP contribution in [-0.4, -0.2) is 76.7 Å². The highest BCUT2D eigenvalue weighted by Crippen LogP contribution is 2.33. The molecule has 0 bridgehead atoms. The van der Waals surface area contributed by atoms with Crippen molar-refractivity contribution in [1.29, 1.82) is 0 Å². The Labute approximate surface area is 243 Å². The smallest absolute Gasteiger partial charge is 0.255 e. The van der Waals surface area contributed by atoms with Crippen molar-refractivity contribution in [2.75, 3.05) is 26.7 Å². The number of aromatic nitrogens is 1. The van der Waals surface area contributed by atoms with Crippen LogP contribution < -0.4 is 16.0 Å². The number of amides is 3. The van der Waals surface area contributed by atoms with Gasteiger partial charge in [-0.1, -0.05) is 36.4 Å². The summed E-state index contributed by atoms with van der Waals surface area (Å²) in [5.41, 5.74) is 4.46. The molecule has 2 heterocycles. The summed E-state index contributed by atoms with van der Waals surface area (Å²) in [7, 11) is 1.80. The molecule has 41 heavy (non-hydrogen) atoms. The Kier molecular flexibility index (Phi) is 10.6. The van der Waals surface area contributed by atoms with Crippen LogP contribution in [0, 0.1) is 6.92 Å². The number of hydrogen-bond acceptors (Lipinski definition) is 8. The van der Waals surface area contributed by atoms with Gasteiger partial charge in [0.2, 0.25) is 0 Å². The lowest BCUT2D eigenvalue weighted by Gasteiger charge is -2.28. The molecule has 10 nitrogen and oxygen atoms in total. The van der Waals surface area contributed by atoms with Gasteiger partial charge in [0.05, 0.1) is 18.3 Å². The van der Waals surface area contributed by atoms with Crippen molar-refractivity contribution in [3.8, 4) is 0 Å². The summed E-state index contributed by atoms with van der Waals surface area (Å²) < 4.78 is 0. The van der Waals surface area contributed by atoms with Crippen LogP contribution in [0.2, 0.25) is 0 Å². The molecular weight excluding hydrogens is 542 g/mol. The number of nitrogens with one attached hydrogen (secondary N) is 3. The normalized spacial score (nSPS) is 16.3. The number of thiazole rings is 1. The topological polar surface area (TPSA) is 144 Å². The van der Waals surface area contributed by atoms with E-state index < -0.39 is 24.0 Å². The zero-order chi connectivity index (χ0) is 29.4. The third-order valence-corrected chi connectivity index (χ3v) is 8.09. The van der Waals surface area contributed by atoms with Gasteiger partial charge in [-0.05, 0) is 55.6 Å². The number of benzene rings is 2. The Hall–Kier alpha value is -3.64. The summed E-state index contributed by atoms with van der Waals surface area (Å²) in [5.74, 6) is -1.79. The minimum absolute atomic E-state index is 0.0742. The number of carbonyl (C=O) groups is 3. The number of nitrogens with zero attached hydrogens (tertiary/aromatic N) is 2. The predicted octanol–water partition coefficient (Wildman–Crippen LogP) is 1.69. The maximum atomic E-state index is 13.2. The van der Waals surface area contributed by atoms with Crippen LogP contribution in [0.1, 0.15) is 56.6 Å². The van der Waals surface area contributed by atoms with Crippen LogP contribution in [0.15, 0.2) is 53.9 Å². The number of likely N-dealkylation sites (tertiary alicyclic amines) is 1. The zero-order valence-electron chi connectivity index (χ0n) is 23.3. The summed E-state index contributed by atoms with van der Waals surface area (Å²) in [6, 6.07) is 14.7. The molecule has 3 atom stereocenters. The van der Waals surface area contributed by atoms with Crippen LogP contribution in [0.3, 0.4) is 0 Å². The molecule has 1 aliphatic rings. The standard InChI is InChI=1S/C30H37N5O5S/c1-19-7-3-4-8-20(19)16-23-18-41-25(34-23)17-33-29(39)26(36)27(37)30(40)35-14-6-11-24(35)21-9-5-10-22(15-21)28(38)32-13-12-31-2/h3-5,7-10,15,18,24,26-27,31,36-37H,6,11-14,16-17H2,1-2H3,(H,32,38)(H,33,39)/t24?,26-,27-/m1/s1. The van der Waals surface area contributed by atoms with Crippen molar-refractivity contribution < 1.29 is 24.6 Å². The van der Waals surface area contributed by atoms with Gasteiger partial charge in [-0.25, -0.2) is 4.98 Å². The molecule has 4 rings (SSSR count). The Morgan fingerprint density at radius 2 is 1.88 bits per heavy atom. The molecule has 3 aromatic rings. The van der Waals surface area contributed by atoms with Gasteiger partial charge in [0.25, 0.3) is 17.7 Å². The number of rotatable bonds is 12. The van der Waals surface area contributed by atoms with E-state index in [1.54, 1.807) is 25.2 Å². The lowest BCUT2D eigenvalue weighted by Crippen LogP contribution is -2.50. The van der Waals surface area contributed by atoms with Gasteiger partial charge in [-0.3, -0.25) is 14.4 Å². The van der Waals surface area contributed by atoms with E-state index in [0.29, 0.717) is 49.5 Å². The van der Waals surface area contributed by atoms with E-state index in [1.165, 1.54) is 27.4 Å². The highest BCUT2D eigenvalue weighted by molar-refractivity contribution is 7.09. The van der Waals surface area contributed by atoms with Crippen molar-refractivity contribution in [3.63, 3.8) is 0 Å². The van der Waals surface area contributed by atoms with Crippen LogP contribution in [-0.2, 0) is 22.6 Å². The van der Waals surface area contributed by atoms with Gasteiger partial charge in [0.15, 0.2) is 12.2 Å².